The van der Waals surface area contributed by atoms with Crippen LogP contribution >= 0.6 is 0 Å². The number of rotatable bonds is 8. The number of fused-ring (bicyclic) bond motifs is 7. The van der Waals surface area contributed by atoms with Gasteiger partial charge in [-0.05, 0) is 140 Å². The van der Waals surface area contributed by atoms with Gasteiger partial charge in [0.25, 0.3) is 0 Å². The third kappa shape index (κ3) is 7.98. The fourth-order valence-electron chi connectivity index (χ4n) is 11.6. The predicted molar refractivity (Wildman–Crippen MR) is 296 cm³/mol. The molecule has 2 nitrogen and oxygen atoms in total. The molecule has 0 saturated carbocycles. The van der Waals surface area contributed by atoms with E-state index in [1.807, 2.05) is 6.07 Å². The van der Waals surface area contributed by atoms with Crippen LogP contribution in [-0.2, 0) is 12.8 Å². The molecule has 336 valence electrons. The van der Waals surface area contributed by atoms with E-state index in [1.54, 1.807) is 0 Å². The molecule has 3 aliphatic rings. The molecule has 1 aliphatic carbocycles. The quantitative estimate of drug-likeness (QED) is 0.139. The minimum Gasteiger partial charge on any atom is -0.335 e. The van der Waals surface area contributed by atoms with E-state index in [0.29, 0.717) is 0 Å². The summed E-state index contributed by atoms with van der Waals surface area (Å²) >= 11 is 0. The summed E-state index contributed by atoms with van der Waals surface area (Å²) < 4.78 is 0. The highest BCUT2D eigenvalue weighted by Gasteiger charge is 2.33. The first-order chi connectivity index (χ1) is 34.6. The molecule has 9 aromatic carbocycles. The number of anilines is 2. The Morgan fingerprint density at radius 3 is 2.00 bits per heavy atom. The molecule has 9 aromatic rings. The summed E-state index contributed by atoms with van der Waals surface area (Å²) in [5, 5.41) is 5.20. The summed E-state index contributed by atoms with van der Waals surface area (Å²) in [5.74, 6) is 0.499. The summed E-state index contributed by atoms with van der Waals surface area (Å²) in [7, 11) is 0. The van der Waals surface area contributed by atoms with E-state index in [-0.39, 0.29) is 23.8 Å². The van der Waals surface area contributed by atoms with E-state index in [4.69, 9.17) is 4.99 Å². The Labute approximate surface area is 413 Å². The van der Waals surface area contributed by atoms with Crippen LogP contribution in [0.25, 0.3) is 55.4 Å². The highest BCUT2D eigenvalue weighted by molar-refractivity contribution is 6.16. The van der Waals surface area contributed by atoms with Gasteiger partial charge in [0.1, 0.15) is 0 Å². The van der Waals surface area contributed by atoms with Crippen LogP contribution in [0.4, 0.5) is 11.4 Å². The zero-order chi connectivity index (χ0) is 47.0. The van der Waals surface area contributed by atoms with E-state index in [9.17, 15) is 0 Å². The topological polar surface area (TPSA) is 15.6 Å². The molecule has 2 aliphatic heterocycles. The van der Waals surface area contributed by atoms with Gasteiger partial charge in [-0.2, -0.15) is 0 Å². The Bertz CT molecular complexity index is 3520. The van der Waals surface area contributed by atoms with Gasteiger partial charge in [-0.25, -0.2) is 0 Å². The first-order valence-electron chi connectivity index (χ1n) is 25.0. The van der Waals surface area contributed by atoms with E-state index < -0.39 is 0 Å². The summed E-state index contributed by atoms with van der Waals surface area (Å²) in [5.41, 5.74) is 18.6. The molecule has 0 saturated heterocycles. The van der Waals surface area contributed by atoms with E-state index in [0.717, 1.165) is 36.2 Å². The molecule has 0 radical (unpaired) electrons. The third-order valence-corrected chi connectivity index (χ3v) is 15.0. The minimum absolute atomic E-state index is 0.0489. The van der Waals surface area contributed by atoms with E-state index in [1.165, 1.54) is 88.6 Å². The number of aliphatic imine (C=N–C) groups is 1. The largest absolute Gasteiger partial charge is 0.335 e. The molecule has 12 rings (SSSR count). The van der Waals surface area contributed by atoms with Gasteiger partial charge in [0, 0.05) is 40.4 Å². The summed E-state index contributed by atoms with van der Waals surface area (Å²) in [6.07, 6.45) is 17.3. The second-order valence-electron chi connectivity index (χ2n) is 19.1. The number of nitrogens with zero attached hydrogens (tertiary/aromatic N) is 2. The third-order valence-electron chi connectivity index (χ3n) is 15.0. The maximum Gasteiger partial charge on any atom is 0.0525 e. The number of allylic oxidation sites excluding steroid dienone is 5. The van der Waals surface area contributed by atoms with Crippen molar-refractivity contribution >= 4 is 50.3 Å². The normalized spacial score (nSPS) is 18.7. The lowest BCUT2D eigenvalue weighted by molar-refractivity contribution is 0.572. The second kappa shape index (κ2) is 18.7. The van der Waals surface area contributed by atoms with Crippen molar-refractivity contribution in [1.29, 1.82) is 0 Å². The zero-order valence-electron chi connectivity index (χ0n) is 39.8. The van der Waals surface area contributed by atoms with Crippen molar-refractivity contribution in [3.05, 3.63) is 276 Å². The molecular formula is C68H54N2. The van der Waals surface area contributed by atoms with Crippen LogP contribution in [0.2, 0.25) is 0 Å². The monoisotopic (exact) mass is 898 g/mol. The molecule has 2 heterocycles. The lowest BCUT2D eigenvalue weighted by Crippen LogP contribution is -2.27. The SMILES string of the molecule is CCC1C(c2cc#ccc2)=NC(C2C=Cc3c(c4ccccc4c4cccc(C5=CC(C)N(c6ccc(-c7ccccc7)cc6)c6ccccc6CC=C5)c34)C2)=CC1c1ccc(-c2ccccc2)cc1. The maximum atomic E-state index is 5.65. The molecular weight excluding hydrogens is 845 g/mol. The molecule has 0 amide bonds. The van der Waals surface area contributed by atoms with Gasteiger partial charge in [-0.1, -0.05) is 213 Å². The van der Waals surface area contributed by atoms with E-state index in [2.05, 4.69) is 255 Å². The van der Waals surface area contributed by atoms with Crippen molar-refractivity contribution in [1.82, 2.24) is 0 Å². The average molecular weight is 899 g/mol. The molecule has 2 heteroatoms. The van der Waals surface area contributed by atoms with Crippen molar-refractivity contribution < 1.29 is 0 Å². The first kappa shape index (κ1) is 43.1. The Balaban J connectivity index is 0.964. The van der Waals surface area contributed by atoms with Gasteiger partial charge in [0.2, 0.25) is 0 Å². The van der Waals surface area contributed by atoms with Crippen molar-refractivity contribution in [3.63, 3.8) is 0 Å². The fourth-order valence-corrected chi connectivity index (χ4v) is 11.6. The van der Waals surface area contributed by atoms with Gasteiger partial charge in [0.15, 0.2) is 0 Å². The molecule has 0 aromatic heterocycles. The van der Waals surface area contributed by atoms with Crippen molar-refractivity contribution in [3.8, 4) is 22.3 Å². The summed E-state index contributed by atoms with van der Waals surface area (Å²) in [6.45, 7) is 4.64. The lowest BCUT2D eigenvalue weighted by atomic mass is 9.74. The molecule has 4 atom stereocenters. The molecule has 70 heavy (non-hydrogen) atoms. The number of hydrogen-bond donors (Lipinski definition) is 0. The number of benzene rings is 8. The smallest absolute Gasteiger partial charge is 0.0525 e. The number of para-hydroxylation sites is 1. The average Bonchev–Trinajstić information content (AvgIpc) is 3.50. The van der Waals surface area contributed by atoms with Crippen LogP contribution in [0.3, 0.4) is 0 Å². The fraction of sp³-hybridized carbons (Fsp3) is 0.132. The van der Waals surface area contributed by atoms with Crippen LogP contribution < -0.4 is 4.90 Å². The van der Waals surface area contributed by atoms with Gasteiger partial charge in [-0.15, -0.1) is 0 Å². The lowest BCUT2D eigenvalue weighted by Gasteiger charge is -2.33. The molecule has 0 spiro atoms. The van der Waals surface area contributed by atoms with Crippen molar-refractivity contribution in [2.45, 2.75) is 45.1 Å². The van der Waals surface area contributed by atoms with E-state index >= 15 is 0 Å². The molecule has 0 N–H and O–H groups in total. The van der Waals surface area contributed by atoms with Gasteiger partial charge >= 0.3 is 0 Å². The molecule has 4 unspecified atom stereocenters. The van der Waals surface area contributed by atoms with Crippen LogP contribution in [0.1, 0.15) is 59.6 Å². The van der Waals surface area contributed by atoms with Crippen molar-refractivity contribution in [2.75, 3.05) is 4.90 Å². The van der Waals surface area contributed by atoms with Crippen LogP contribution in [-0.4, -0.2) is 11.8 Å². The highest BCUT2D eigenvalue weighted by atomic mass is 15.2. The van der Waals surface area contributed by atoms with Gasteiger partial charge in [-0.3, -0.25) is 4.99 Å². The summed E-state index contributed by atoms with van der Waals surface area (Å²) in [4.78, 5) is 8.17. The Morgan fingerprint density at radius 1 is 0.600 bits per heavy atom. The maximum absolute atomic E-state index is 5.65. The Kier molecular flexibility index (Phi) is 11.5. The summed E-state index contributed by atoms with van der Waals surface area (Å²) in [6, 6.07) is 77.2. The Hall–Kier alpha value is -8.25. The first-order valence-corrected chi connectivity index (χ1v) is 25.0. The standard InChI is InChI=1S/C68H54N2/c1-3-57-63(51-35-33-49(34-36-51)47-19-7-4-8-20-47)45-65(69-68(57)53-24-11-6-12-25-53)55-39-42-62-64(44-55)60-29-15-14-28-59(60)61-31-18-30-58(67(61)62)54-27-17-26-52-23-13-16-32-66(52)70(46(2)43-54)56-40-37-50(38-41-56)48-21-9-5-10-22-48/h4-5,7-11,13-25,27-43,45-46,55,57,63H,3,26,44H2,1-2H3. The Morgan fingerprint density at radius 2 is 1.27 bits per heavy atom. The van der Waals surface area contributed by atoms with Crippen LogP contribution in [0.15, 0.2) is 235 Å². The molecule has 0 fully saturated rings. The zero-order valence-corrected chi connectivity index (χ0v) is 39.8. The second-order valence-corrected chi connectivity index (χ2v) is 19.1. The van der Waals surface area contributed by atoms with Crippen molar-refractivity contribution in [2.24, 2.45) is 16.8 Å². The number of hydrogen-bond acceptors (Lipinski definition) is 2. The predicted octanol–water partition coefficient (Wildman–Crippen LogP) is 17.0. The molecule has 0 bridgehead atoms. The van der Waals surface area contributed by atoms with Crippen LogP contribution in [0, 0.1) is 24.0 Å². The van der Waals surface area contributed by atoms with Crippen LogP contribution in [0.5, 0.6) is 0 Å². The minimum atomic E-state index is 0.0489. The van der Waals surface area contributed by atoms with Gasteiger partial charge in [0.05, 0.1) is 11.8 Å². The van der Waals surface area contributed by atoms with Gasteiger partial charge < -0.3 is 4.90 Å². The highest BCUT2D eigenvalue weighted by Crippen LogP contribution is 2.46.